The summed E-state index contributed by atoms with van der Waals surface area (Å²) in [5.41, 5.74) is 1.67. The Morgan fingerprint density at radius 1 is 1.47 bits per heavy atom. The number of benzene rings is 1. The average molecular weight is 255 g/mol. The molecule has 3 nitrogen and oxygen atoms in total. The van der Waals surface area contributed by atoms with Crippen molar-refractivity contribution in [3.05, 3.63) is 28.8 Å². The minimum absolute atomic E-state index is 0.0681. The van der Waals surface area contributed by atoms with Gasteiger partial charge in [0.15, 0.2) is 0 Å². The molecule has 1 aromatic carbocycles. The molecule has 0 saturated heterocycles. The van der Waals surface area contributed by atoms with Crippen molar-refractivity contribution in [2.24, 2.45) is 0 Å². The van der Waals surface area contributed by atoms with Crippen molar-refractivity contribution < 1.29 is 4.79 Å². The second kappa shape index (κ2) is 6.62. The lowest BCUT2D eigenvalue weighted by atomic mass is 10.2. The first-order chi connectivity index (χ1) is 8.04. The maximum Gasteiger partial charge on any atom is 0.238 e. The fourth-order valence-corrected chi connectivity index (χ4v) is 1.65. The van der Waals surface area contributed by atoms with E-state index in [2.05, 4.69) is 17.6 Å². The minimum Gasteiger partial charge on any atom is -0.323 e. The lowest BCUT2D eigenvalue weighted by Gasteiger charge is -2.13. The van der Waals surface area contributed by atoms with Gasteiger partial charge in [-0.1, -0.05) is 30.7 Å². The van der Waals surface area contributed by atoms with Crippen LogP contribution in [0.15, 0.2) is 18.2 Å². The highest BCUT2D eigenvalue weighted by atomic mass is 35.5. The Balaban J connectivity index is 2.56. The number of amides is 1. The third-order valence-electron chi connectivity index (χ3n) is 2.71. The van der Waals surface area contributed by atoms with Gasteiger partial charge >= 0.3 is 0 Å². The van der Waals surface area contributed by atoms with Crippen LogP contribution in [0.4, 0.5) is 5.69 Å². The monoisotopic (exact) mass is 254 g/mol. The first-order valence-electron chi connectivity index (χ1n) is 5.83. The van der Waals surface area contributed by atoms with Crippen LogP contribution < -0.4 is 10.6 Å². The molecule has 0 fully saturated rings. The molecule has 0 spiro atoms. The van der Waals surface area contributed by atoms with Crippen LogP contribution in [0.1, 0.15) is 25.8 Å². The summed E-state index contributed by atoms with van der Waals surface area (Å²) < 4.78 is 0. The van der Waals surface area contributed by atoms with Crippen LogP contribution in [0.5, 0.6) is 0 Å². The molecule has 0 heterocycles. The van der Waals surface area contributed by atoms with Gasteiger partial charge in [0.2, 0.25) is 5.91 Å². The highest BCUT2D eigenvalue weighted by Gasteiger charge is 2.08. The number of nitrogens with one attached hydrogen (secondary N) is 2. The summed E-state index contributed by atoms with van der Waals surface area (Å²) in [5.74, 6) is -0.0681. The molecular formula is C13H19ClN2O. The van der Waals surface area contributed by atoms with E-state index in [9.17, 15) is 4.79 Å². The van der Waals surface area contributed by atoms with Gasteiger partial charge in [-0.25, -0.2) is 0 Å². The number of hydrogen-bond acceptors (Lipinski definition) is 2. The SMILES string of the molecule is CC[C@@H](C)NCC(=O)Nc1c(C)cccc1Cl. The molecule has 94 valence electrons. The lowest BCUT2D eigenvalue weighted by molar-refractivity contribution is -0.115. The lowest BCUT2D eigenvalue weighted by Crippen LogP contribution is -2.34. The number of rotatable bonds is 5. The predicted octanol–water partition coefficient (Wildman–Crippen LogP) is 2.98. The van der Waals surface area contributed by atoms with Gasteiger partial charge in [-0.15, -0.1) is 0 Å². The molecule has 17 heavy (non-hydrogen) atoms. The maximum absolute atomic E-state index is 11.7. The first-order valence-corrected chi connectivity index (χ1v) is 6.20. The highest BCUT2D eigenvalue weighted by molar-refractivity contribution is 6.33. The van der Waals surface area contributed by atoms with E-state index in [0.29, 0.717) is 23.3 Å². The standard InChI is InChI=1S/C13H19ClN2O/c1-4-10(3)15-8-12(17)16-13-9(2)6-5-7-11(13)14/h5-7,10,15H,4,8H2,1-3H3,(H,16,17)/t10-/m1/s1. The fraction of sp³-hybridized carbons (Fsp3) is 0.462. The van der Waals surface area contributed by atoms with E-state index in [1.54, 1.807) is 6.07 Å². The van der Waals surface area contributed by atoms with Gasteiger partial charge in [-0.3, -0.25) is 4.79 Å². The van der Waals surface area contributed by atoms with Crippen molar-refractivity contribution in [3.8, 4) is 0 Å². The van der Waals surface area contributed by atoms with Crippen molar-refractivity contribution in [2.45, 2.75) is 33.2 Å². The van der Waals surface area contributed by atoms with Crippen molar-refractivity contribution in [3.63, 3.8) is 0 Å². The van der Waals surface area contributed by atoms with Crippen LogP contribution in [-0.4, -0.2) is 18.5 Å². The largest absolute Gasteiger partial charge is 0.323 e. The smallest absolute Gasteiger partial charge is 0.238 e. The van der Waals surface area contributed by atoms with Crippen LogP contribution >= 0.6 is 11.6 Å². The molecule has 1 rings (SSSR count). The van der Waals surface area contributed by atoms with Gasteiger partial charge in [0.25, 0.3) is 0 Å². The Kier molecular flexibility index (Phi) is 5.45. The molecule has 4 heteroatoms. The van der Waals surface area contributed by atoms with Crippen LogP contribution in [0.25, 0.3) is 0 Å². The van der Waals surface area contributed by atoms with E-state index in [0.717, 1.165) is 12.0 Å². The summed E-state index contributed by atoms with van der Waals surface area (Å²) in [5, 5.41) is 6.53. The Morgan fingerprint density at radius 2 is 2.18 bits per heavy atom. The highest BCUT2D eigenvalue weighted by Crippen LogP contribution is 2.24. The normalized spacial score (nSPS) is 12.2. The van der Waals surface area contributed by atoms with Crippen LogP contribution in [0.3, 0.4) is 0 Å². The van der Waals surface area contributed by atoms with Crippen molar-refractivity contribution >= 4 is 23.2 Å². The molecule has 0 aliphatic heterocycles. The second-order valence-corrected chi connectivity index (χ2v) is 4.58. The fourth-order valence-electron chi connectivity index (χ4n) is 1.39. The predicted molar refractivity (Wildman–Crippen MR) is 72.6 cm³/mol. The molecular weight excluding hydrogens is 236 g/mol. The Bertz CT molecular complexity index is 373. The summed E-state index contributed by atoms with van der Waals surface area (Å²) in [6, 6.07) is 5.90. The van der Waals surface area contributed by atoms with E-state index >= 15 is 0 Å². The third kappa shape index (κ3) is 4.36. The van der Waals surface area contributed by atoms with Gasteiger partial charge in [0.1, 0.15) is 0 Å². The van der Waals surface area contributed by atoms with E-state index in [-0.39, 0.29) is 5.91 Å². The zero-order chi connectivity index (χ0) is 12.8. The molecule has 1 amide bonds. The number of anilines is 1. The number of carbonyl (C=O) groups excluding carboxylic acids is 1. The van der Waals surface area contributed by atoms with Gasteiger partial charge < -0.3 is 10.6 Å². The van der Waals surface area contributed by atoms with Gasteiger partial charge in [0, 0.05) is 6.04 Å². The quantitative estimate of drug-likeness (QED) is 0.848. The number of halogens is 1. The first kappa shape index (κ1) is 14.0. The molecule has 0 aromatic heterocycles. The van der Waals surface area contributed by atoms with E-state index in [4.69, 9.17) is 11.6 Å². The topological polar surface area (TPSA) is 41.1 Å². The van der Waals surface area contributed by atoms with Crippen LogP contribution in [-0.2, 0) is 4.79 Å². The summed E-state index contributed by atoms with van der Waals surface area (Å²) in [4.78, 5) is 11.7. The Labute approximate surface area is 108 Å². The summed E-state index contributed by atoms with van der Waals surface area (Å²) in [6.45, 7) is 6.35. The molecule has 0 saturated carbocycles. The second-order valence-electron chi connectivity index (χ2n) is 4.17. The Hall–Kier alpha value is -1.06. The van der Waals surface area contributed by atoms with Crippen molar-refractivity contribution in [2.75, 3.05) is 11.9 Å². The molecule has 2 N–H and O–H groups in total. The van der Waals surface area contributed by atoms with E-state index in [1.807, 2.05) is 26.0 Å². The summed E-state index contributed by atoms with van der Waals surface area (Å²) >= 11 is 6.03. The van der Waals surface area contributed by atoms with E-state index < -0.39 is 0 Å². The van der Waals surface area contributed by atoms with Crippen LogP contribution in [0.2, 0.25) is 5.02 Å². The number of hydrogen-bond donors (Lipinski definition) is 2. The van der Waals surface area contributed by atoms with E-state index in [1.165, 1.54) is 0 Å². The zero-order valence-electron chi connectivity index (χ0n) is 10.5. The number of carbonyl (C=O) groups is 1. The molecule has 1 atom stereocenters. The molecule has 0 aliphatic carbocycles. The van der Waals surface area contributed by atoms with Gasteiger partial charge in [-0.05, 0) is 31.9 Å². The van der Waals surface area contributed by atoms with Crippen molar-refractivity contribution in [1.29, 1.82) is 0 Å². The molecule has 0 bridgehead atoms. The summed E-state index contributed by atoms with van der Waals surface area (Å²) in [6.07, 6.45) is 0.998. The van der Waals surface area contributed by atoms with Crippen molar-refractivity contribution in [1.82, 2.24) is 5.32 Å². The third-order valence-corrected chi connectivity index (χ3v) is 3.02. The molecule has 0 aliphatic rings. The molecule has 1 aromatic rings. The van der Waals surface area contributed by atoms with Gasteiger partial charge in [0.05, 0.1) is 17.3 Å². The molecule has 0 radical (unpaired) electrons. The average Bonchev–Trinajstić information content (AvgIpc) is 2.31. The maximum atomic E-state index is 11.7. The summed E-state index contributed by atoms with van der Waals surface area (Å²) in [7, 11) is 0. The number of aryl methyl sites for hydroxylation is 1. The zero-order valence-corrected chi connectivity index (χ0v) is 11.3. The molecule has 0 unspecified atom stereocenters. The number of para-hydroxylation sites is 1. The van der Waals surface area contributed by atoms with Crippen LogP contribution in [0, 0.1) is 6.92 Å². The van der Waals surface area contributed by atoms with Gasteiger partial charge in [-0.2, -0.15) is 0 Å². The minimum atomic E-state index is -0.0681. The Morgan fingerprint density at radius 3 is 2.76 bits per heavy atom.